The largest absolute Gasteiger partial charge is 0.472 e. The third-order valence-corrected chi connectivity index (χ3v) is 5.73. The van der Waals surface area contributed by atoms with Crippen molar-refractivity contribution in [2.75, 3.05) is 19.9 Å². The summed E-state index contributed by atoms with van der Waals surface area (Å²) < 4.78 is 11.6. The molecule has 1 fully saturated rings. The Balaban J connectivity index is 1.65. The van der Waals surface area contributed by atoms with Crippen molar-refractivity contribution in [2.24, 2.45) is 0 Å². The molecular formula is C23H24N2O3. The minimum atomic E-state index is 0.0295. The first-order valence-corrected chi connectivity index (χ1v) is 9.64. The van der Waals surface area contributed by atoms with E-state index in [1.807, 2.05) is 30.0 Å². The first-order valence-electron chi connectivity index (χ1n) is 9.64. The van der Waals surface area contributed by atoms with Crippen molar-refractivity contribution < 1.29 is 14.3 Å². The monoisotopic (exact) mass is 376 g/mol. The quantitative estimate of drug-likeness (QED) is 0.772. The highest BCUT2D eigenvalue weighted by Gasteiger charge is 2.34. The highest BCUT2D eigenvalue weighted by atomic mass is 16.5. The van der Waals surface area contributed by atoms with Gasteiger partial charge in [-0.3, -0.25) is 9.69 Å². The van der Waals surface area contributed by atoms with E-state index in [2.05, 4.69) is 17.8 Å². The summed E-state index contributed by atoms with van der Waals surface area (Å²) in [4.78, 5) is 19.3. The van der Waals surface area contributed by atoms with Crippen molar-refractivity contribution in [3.8, 4) is 18.1 Å². The maximum atomic E-state index is 13.2. The summed E-state index contributed by atoms with van der Waals surface area (Å²) in [6, 6.07) is 5.89. The standard InChI is InChI=1S/C23H24N2O3/c1-4-19-8-7-17(12-24-19)10-18-11-21-22(16(3)15(18)2)28-14-25(23(21)26)20-6-5-9-27-13-20/h1,7-8,11-12,20H,5-6,9-10,13-14H2,2-3H3. The number of pyridine rings is 1. The van der Waals surface area contributed by atoms with Crippen LogP contribution in [0.25, 0.3) is 0 Å². The number of amides is 1. The summed E-state index contributed by atoms with van der Waals surface area (Å²) in [5.41, 5.74) is 5.59. The lowest BCUT2D eigenvalue weighted by Crippen LogP contribution is -2.49. The zero-order chi connectivity index (χ0) is 19.7. The number of carbonyl (C=O) groups is 1. The Kier molecular flexibility index (Phi) is 5.06. The van der Waals surface area contributed by atoms with E-state index in [1.165, 1.54) is 0 Å². The molecular weight excluding hydrogens is 352 g/mol. The van der Waals surface area contributed by atoms with Gasteiger partial charge in [0.05, 0.1) is 18.2 Å². The van der Waals surface area contributed by atoms with Gasteiger partial charge in [-0.05, 0) is 67.5 Å². The van der Waals surface area contributed by atoms with Gasteiger partial charge in [-0.15, -0.1) is 6.42 Å². The highest BCUT2D eigenvalue weighted by molar-refractivity contribution is 5.99. The van der Waals surface area contributed by atoms with Crippen LogP contribution in [-0.4, -0.2) is 41.8 Å². The fourth-order valence-electron chi connectivity index (χ4n) is 3.91. The Morgan fingerprint density at radius 1 is 1.32 bits per heavy atom. The summed E-state index contributed by atoms with van der Waals surface area (Å²) in [5.74, 6) is 3.27. The van der Waals surface area contributed by atoms with Crippen LogP contribution in [0, 0.1) is 26.2 Å². The fourth-order valence-corrected chi connectivity index (χ4v) is 3.91. The fraction of sp³-hybridized carbons (Fsp3) is 0.391. The molecule has 0 aliphatic carbocycles. The van der Waals surface area contributed by atoms with Gasteiger partial charge >= 0.3 is 0 Å². The van der Waals surface area contributed by atoms with E-state index >= 15 is 0 Å². The second kappa shape index (κ2) is 7.65. The molecule has 3 heterocycles. The van der Waals surface area contributed by atoms with E-state index in [0.717, 1.165) is 41.7 Å². The second-order valence-electron chi connectivity index (χ2n) is 7.45. The topological polar surface area (TPSA) is 51.7 Å². The Morgan fingerprint density at radius 3 is 2.86 bits per heavy atom. The van der Waals surface area contributed by atoms with Crippen LogP contribution in [0.5, 0.6) is 5.75 Å². The smallest absolute Gasteiger partial charge is 0.260 e. The van der Waals surface area contributed by atoms with Gasteiger partial charge in [0.25, 0.3) is 5.91 Å². The molecule has 5 nitrogen and oxygen atoms in total. The van der Waals surface area contributed by atoms with Gasteiger partial charge in [0.1, 0.15) is 11.4 Å². The van der Waals surface area contributed by atoms with E-state index in [4.69, 9.17) is 15.9 Å². The molecule has 2 aliphatic rings. The lowest BCUT2D eigenvalue weighted by Gasteiger charge is -2.37. The van der Waals surface area contributed by atoms with Crippen LogP contribution < -0.4 is 4.74 Å². The zero-order valence-corrected chi connectivity index (χ0v) is 16.3. The molecule has 1 unspecified atom stereocenters. The van der Waals surface area contributed by atoms with Gasteiger partial charge in [0, 0.05) is 12.8 Å². The Labute approximate surface area is 165 Å². The van der Waals surface area contributed by atoms with Gasteiger partial charge in [0.15, 0.2) is 6.73 Å². The number of hydrogen-bond donors (Lipinski definition) is 0. The number of terminal acetylenes is 1. The number of fused-ring (bicyclic) bond motifs is 1. The summed E-state index contributed by atoms with van der Waals surface area (Å²) >= 11 is 0. The molecule has 1 aromatic heterocycles. The molecule has 1 amide bonds. The molecule has 5 heteroatoms. The molecule has 144 valence electrons. The lowest BCUT2D eigenvalue weighted by atomic mass is 9.92. The number of aromatic nitrogens is 1. The van der Waals surface area contributed by atoms with Crippen LogP contribution in [0.1, 0.15) is 51.1 Å². The van der Waals surface area contributed by atoms with Crippen LogP contribution in [0.2, 0.25) is 0 Å². The highest BCUT2D eigenvalue weighted by Crippen LogP contribution is 2.35. The third kappa shape index (κ3) is 3.36. The molecule has 0 spiro atoms. The van der Waals surface area contributed by atoms with Crippen LogP contribution >= 0.6 is 0 Å². The van der Waals surface area contributed by atoms with Crippen molar-refractivity contribution >= 4 is 5.91 Å². The number of carbonyl (C=O) groups excluding carboxylic acids is 1. The molecule has 0 N–H and O–H groups in total. The third-order valence-electron chi connectivity index (χ3n) is 5.73. The van der Waals surface area contributed by atoms with Crippen molar-refractivity contribution in [3.63, 3.8) is 0 Å². The van der Waals surface area contributed by atoms with Crippen LogP contribution in [-0.2, 0) is 11.2 Å². The maximum Gasteiger partial charge on any atom is 0.260 e. The number of rotatable bonds is 3. The molecule has 0 radical (unpaired) electrons. The first kappa shape index (κ1) is 18.5. The van der Waals surface area contributed by atoms with Crippen LogP contribution in [0.3, 0.4) is 0 Å². The molecule has 28 heavy (non-hydrogen) atoms. The number of benzene rings is 1. The Hall–Kier alpha value is -2.84. The summed E-state index contributed by atoms with van der Waals surface area (Å²) in [5, 5.41) is 0. The SMILES string of the molecule is C#Cc1ccc(Cc2cc3c(c(C)c2C)OCN(C2CCCOC2)C3=O)cn1. The Bertz CT molecular complexity index is 938. The predicted octanol–water partition coefficient (Wildman–Crippen LogP) is 3.24. The molecule has 0 saturated carbocycles. The van der Waals surface area contributed by atoms with E-state index < -0.39 is 0 Å². The average molecular weight is 376 g/mol. The van der Waals surface area contributed by atoms with E-state index in [0.29, 0.717) is 30.0 Å². The van der Waals surface area contributed by atoms with E-state index in [-0.39, 0.29) is 18.7 Å². The minimum Gasteiger partial charge on any atom is -0.472 e. The number of hydrogen-bond acceptors (Lipinski definition) is 4. The van der Waals surface area contributed by atoms with Crippen molar-refractivity contribution in [1.29, 1.82) is 0 Å². The second-order valence-corrected chi connectivity index (χ2v) is 7.45. The minimum absolute atomic E-state index is 0.0295. The van der Waals surface area contributed by atoms with Crippen LogP contribution in [0.15, 0.2) is 24.4 Å². The molecule has 1 saturated heterocycles. The van der Waals surface area contributed by atoms with Gasteiger partial charge in [-0.1, -0.05) is 12.0 Å². The molecule has 0 bridgehead atoms. The molecule has 1 atom stereocenters. The van der Waals surface area contributed by atoms with E-state index in [1.54, 1.807) is 6.20 Å². The van der Waals surface area contributed by atoms with Gasteiger partial charge in [-0.25, -0.2) is 4.98 Å². The van der Waals surface area contributed by atoms with Gasteiger partial charge in [-0.2, -0.15) is 0 Å². The Morgan fingerprint density at radius 2 is 2.18 bits per heavy atom. The normalized spacial score (nSPS) is 19.0. The van der Waals surface area contributed by atoms with Gasteiger partial charge in [0.2, 0.25) is 0 Å². The zero-order valence-electron chi connectivity index (χ0n) is 16.3. The molecule has 2 aromatic rings. The lowest BCUT2D eigenvalue weighted by molar-refractivity contribution is -0.0101. The summed E-state index contributed by atoms with van der Waals surface area (Å²) in [6.07, 6.45) is 9.80. The van der Waals surface area contributed by atoms with E-state index in [9.17, 15) is 4.79 Å². The predicted molar refractivity (Wildman–Crippen MR) is 106 cm³/mol. The molecule has 2 aliphatic heterocycles. The molecule has 4 rings (SSSR count). The first-order chi connectivity index (χ1) is 13.6. The van der Waals surface area contributed by atoms with Crippen molar-refractivity contribution in [1.82, 2.24) is 9.88 Å². The maximum absolute atomic E-state index is 13.2. The van der Waals surface area contributed by atoms with Crippen LogP contribution in [0.4, 0.5) is 0 Å². The van der Waals surface area contributed by atoms with Crippen molar-refractivity contribution in [3.05, 3.63) is 57.9 Å². The summed E-state index contributed by atoms with van der Waals surface area (Å²) in [6.45, 7) is 5.73. The number of nitrogens with zero attached hydrogens (tertiary/aromatic N) is 2. The van der Waals surface area contributed by atoms with Gasteiger partial charge < -0.3 is 9.47 Å². The summed E-state index contributed by atoms with van der Waals surface area (Å²) in [7, 11) is 0. The number of ether oxygens (including phenoxy) is 2. The average Bonchev–Trinajstić information content (AvgIpc) is 2.73. The molecule has 1 aromatic carbocycles. The van der Waals surface area contributed by atoms with Crippen molar-refractivity contribution in [2.45, 2.75) is 39.2 Å².